The summed E-state index contributed by atoms with van der Waals surface area (Å²) in [5.41, 5.74) is 0.560. The Labute approximate surface area is 186 Å². The number of esters is 1. The Balaban J connectivity index is 1.58. The van der Waals surface area contributed by atoms with Crippen molar-refractivity contribution in [1.29, 1.82) is 0 Å². The molecule has 0 spiro atoms. The highest BCUT2D eigenvalue weighted by molar-refractivity contribution is 7.89. The fourth-order valence-corrected chi connectivity index (χ4v) is 4.14. The number of hydrogen-bond donors (Lipinski definition) is 2. The second kappa shape index (κ2) is 9.80. The predicted octanol–water partition coefficient (Wildman–Crippen LogP) is 3.09. The van der Waals surface area contributed by atoms with Crippen molar-refractivity contribution in [3.05, 3.63) is 66.7 Å². The van der Waals surface area contributed by atoms with Gasteiger partial charge in [-0.25, -0.2) is 8.42 Å². The molecular weight excluding hydrogens is 432 g/mol. The maximum atomic E-state index is 12.5. The van der Waals surface area contributed by atoms with Gasteiger partial charge in [-0.3, -0.25) is 9.59 Å². The lowest BCUT2D eigenvalue weighted by atomic mass is 10.1. The summed E-state index contributed by atoms with van der Waals surface area (Å²) in [5, 5.41) is 4.68. The quantitative estimate of drug-likeness (QED) is 0.504. The molecule has 168 valence electrons. The van der Waals surface area contributed by atoms with Crippen molar-refractivity contribution in [2.45, 2.75) is 30.9 Å². The standard InChI is InChI=1S/C23H24N2O6S/c1-15(25-32(28,29)21-12-10-20(30-3)11-13-21)23(27)31-16(2)22(26)24-19-9-8-17-6-4-5-7-18(17)14-19/h4-16,25H,1-3H3,(H,24,26)/t15-,16?/m0/s1. The number of carbonyl (C=O) groups excluding carboxylic acids is 2. The first-order valence-electron chi connectivity index (χ1n) is 9.86. The Morgan fingerprint density at radius 1 is 0.906 bits per heavy atom. The summed E-state index contributed by atoms with van der Waals surface area (Å²) in [6.07, 6.45) is -1.12. The average Bonchev–Trinajstić information content (AvgIpc) is 2.78. The van der Waals surface area contributed by atoms with Crippen molar-refractivity contribution >= 4 is 38.4 Å². The molecule has 2 N–H and O–H groups in total. The summed E-state index contributed by atoms with van der Waals surface area (Å²) in [4.78, 5) is 24.8. The van der Waals surface area contributed by atoms with E-state index in [1.165, 1.54) is 45.2 Å². The molecule has 0 bridgehead atoms. The molecule has 3 aromatic rings. The van der Waals surface area contributed by atoms with E-state index in [0.29, 0.717) is 11.4 Å². The van der Waals surface area contributed by atoms with Crippen molar-refractivity contribution < 1.29 is 27.5 Å². The van der Waals surface area contributed by atoms with Crippen LogP contribution in [0.3, 0.4) is 0 Å². The molecular formula is C23H24N2O6S. The van der Waals surface area contributed by atoms with E-state index in [0.717, 1.165) is 10.8 Å². The molecule has 0 aliphatic carbocycles. The number of ether oxygens (including phenoxy) is 2. The molecule has 0 aliphatic rings. The minimum absolute atomic E-state index is 0.0277. The molecule has 9 heteroatoms. The fraction of sp³-hybridized carbons (Fsp3) is 0.217. The molecule has 32 heavy (non-hydrogen) atoms. The lowest BCUT2D eigenvalue weighted by Gasteiger charge is -2.18. The van der Waals surface area contributed by atoms with Crippen molar-refractivity contribution in [2.24, 2.45) is 0 Å². The molecule has 8 nitrogen and oxygen atoms in total. The average molecular weight is 457 g/mol. The molecule has 0 aliphatic heterocycles. The van der Waals surface area contributed by atoms with Gasteiger partial charge >= 0.3 is 5.97 Å². The van der Waals surface area contributed by atoms with Gasteiger partial charge in [0.2, 0.25) is 10.0 Å². The summed E-state index contributed by atoms with van der Waals surface area (Å²) in [5.74, 6) is -0.898. The van der Waals surface area contributed by atoms with Crippen LogP contribution in [0.4, 0.5) is 5.69 Å². The van der Waals surface area contributed by atoms with Gasteiger partial charge in [0.1, 0.15) is 11.8 Å². The Bertz CT molecular complexity index is 1220. The van der Waals surface area contributed by atoms with Crippen LogP contribution >= 0.6 is 0 Å². The highest BCUT2D eigenvalue weighted by Crippen LogP contribution is 2.19. The van der Waals surface area contributed by atoms with Crippen molar-refractivity contribution in [1.82, 2.24) is 4.72 Å². The van der Waals surface area contributed by atoms with Gasteiger partial charge in [0.25, 0.3) is 5.91 Å². The molecule has 0 aromatic heterocycles. The minimum Gasteiger partial charge on any atom is -0.497 e. The number of nitrogens with one attached hydrogen (secondary N) is 2. The van der Waals surface area contributed by atoms with Gasteiger partial charge in [0.15, 0.2) is 6.10 Å². The molecule has 0 radical (unpaired) electrons. The Kier molecular flexibility index (Phi) is 7.12. The molecule has 0 saturated carbocycles. The normalized spacial score (nSPS) is 13.2. The first kappa shape index (κ1) is 23.2. The van der Waals surface area contributed by atoms with Crippen LogP contribution in [0.2, 0.25) is 0 Å². The van der Waals surface area contributed by atoms with Gasteiger partial charge in [-0.05, 0) is 61.0 Å². The van der Waals surface area contributed by atoms with Crippen LogP contribution in [-0.4, -0.2) is 39.5 Å². The molecule has 2 atom stereocenters. The summed E-state index contributed by atoms with van der Waals surface area (Å²) in [7, 11) is -2.49. The van der Waals surface area contributed by atoms with Crippen LogP contribution in [-0.2, 0) is 24.3 Å². The van der Waals surface area contributed by atoms with E-state index in [-0.39, 0.29) is 4.90 Å². The zero-order valence-electron chi connectivity index (χ0n) is 17.9. The largest absolute Gasteiger partial charge is 0.497 e. The zero-order valence-corrected chi connectivity index (χ0v) is 18.7. The van der Waals surface area contributed by atoms with Crippen LogP contribution in [0.5, 0.6) is 5.75 Å². The van der Waals surface area contributed by atoms with E-state index in [1.807, 2.05) is 36.4 Å². The first-order valence-corrected chi connectivity index (χ1v) is 11.3. The fourth-order valence-electron chi connectivity index (χ4n) is 2.94. The number of methoxy groups -OCH3 is 1. The van der Waals surface area contributed by atoms with E-state index in [9.17, 15) is 18.0 Å². The van der Waals surface area contributed by atoms with Crippen LogP contribution in [0.15, 0.2) is 71.6 Å². The highest BCUT2D eigenvalue weighted by atomic mass is 32.2. The van der Waals surface area contributed by atoms with Crippen LogP contribution in [0, 0.1) is 0 Å². The number of hydrogen-bond acceptors (Lipinski definition) is 6. The number of benzene rings is 3. The lowest BCUT2D eigenvalue weighted by molar-refractivity contribution is -0.154. The number of anilines is 1. The van der Waals surface area contributed by atoms with E-state index < -0.39 is 34.0 Å². The summed E-state index contributed by atoms with van der Waals surface area (Å²) in [6, 6.07) is 17.7. The lowest BCUT2D eigenvalue weighted by Crippen LogP contribution is -2.42. The second-order valence-corrected chi connectivity index (χ2v) is 8.86. The Morgan fingerprint density at radius 2 is 1.56 bits per heavy atom. The zero-order chi connectivity index (χ0) is 23.3. The number of rotatable bonds is 8. The molecule has 0 saturated heterocycles. The predicted molar refractivity (Wildman–Crippen MR) is 121 cm³/mol. The van der Waals surface area contributed by atoms with Crippen molar-refractivity contribution in [3.63, 3.8) is 0 Å². The maximum absolute atomic E-state index is 12.5. The monoisotopic (exact) mass is 456 g/mol. The molecule has 3 aromatic carbocycles. The molecule has 0 fully saturated rings. The third-order valence-corrected chi connectivity index (χ3v) is 6.29. The highest BCUT2D eigenvalue weighted by Gasteiger charge is 2.26. The minimum atomic E-state index is -3.96. The summed E-state index contributed by atoms with van der Waals surface area (Å²) in [6.45, 7) is 2.76. The summed E-state index contributed by atoms with van der Waals surface area (Å²) >= 11 is 0. The number of amides is 1. The van der Waals surface area contributed by atoms with Crippen molar-refractivity contribution in [2.75, 3.05) is 12.4 Å². The van der Waals surface area contributed by atoms with Gasteiger partial charge in [-0.1, -0.05) is 30.3 Å². The van der Waals surface area contributed by atoms with Gasteiger partial charge in [0, 0.05) is 5.69 Å². The van der Waals surface area contributed by atoms with E-state index in [2.05, 4.69) is 10.0 Å². The number of sulfonamides is 1. The van der Waals surface area contributed by atoms with E-state index >= 15 is 0 Å². The summed E-state index contributed by atoms with van der Waals surface area (Å²) < 4.78 is 37.4. The number of carbonyl (C=O) groups is 2. The van der Waals surface area contributed by atoms with Gasteiger partial charge in [0.05, 0.1) is 12.0 Å². The molecule has 1 unspecified atom stereocenters. The third-order valence-electron chi connectivity index (χ3n) is 4.73. The van der Waals surface area contributed by atoms with E-state index in [4.69, 9.17) is 9.47 Å². The topological polar surface area (TPSA) is 111 Å². The van der Waals surface area contributed by atoms with Gasteiger partial charge in [-0.15, -0.1) is 0 Å². The van der Waals surface area contributed by atoms with Crippen molar-refractivity contribution in [3.8, 4) is 5.75 Å². The first-order chi connectivity index (χ1) is 15.2. The maximum Gasteiger partial charge on any atom is 0.324 e. The smallest absolute Gasteiger partial charge is 0.324 e. The van der Waals surface area contributed by atoms with Crippen LogP contribution in [0.1, 0.15) is 13.8 Å². The molecule has 1 amide bonds. The van der Waals surface area contributed by atoms with Crippen LogP contribution < -0.4 is 14.8 Å². The third kappa shape index (κ3) is 5.63. The number of fused-ring (bicyclic) bond motifs is 1. The van der Waals surface area contributed by atoms with Crippen LogP contribution in [0.25, 0.3) is 10.8 Å². The van der Waals surface area contributed by atoms with Gasteiger partial charge < -0.3 is 14.8 Å². The SMILES string of the molecule is COc1ccc(S(=O)(=O)N[C@@H](C)C(=O)OC(C)C(=O)Nc2ccc3ccccc3c2)cc1. The van der Waals surface area contributed by atoms with Gasteiger partial charge in [-0.2, -0.15) is 4.72 Å². The second-order valence-electron chi connectivity index (χ2n) is 7.15. The molecule has 0 heterocycles. The Morgan fingerprint density at radius 3 is 2.22 bits per heavy atom. The molecule has 3 rings (SSSR count). The Hall–Kier alpha value is -3.43. The van der Waals surface area contributed by atoms with E-state index in [1.54, 1.807) is 6.07 Å².